The predicted octanol–water partition coefficient (Wildman–Crippen LogP) is 2.44. The van der Waals surface area contributed by atoms with E-state index in [1.165, 1.54) is 12.1 Å². The molecule has 19 heavy (non-hydrogen) atoms. The molecule has 0 aromatic heterocycles. The highest BCUT2D eigenvalue weighted by atomic mass is 19.1. The molecule has 1 aliphatic carbocycles. The SMILES string of the molecule is CC(C)C1NC(c2ccc(F)cc2)N(C2CC2)C1=O. The van der Waals surface area contributed by atoms with Gasteiger partial charge in [-0.3, -0.25) is 10.1 Å². The van der Waals surface area contributed by atoms with Crippen LogP contribution in [-0.2, 0) is 4.79 Å². The first kappa shape index (κ1) is 12.6. The molecular formula is C15H19FN2O. The van der Waals surface area contributed by atoms with E-state index in [1.54, 1.807) is 12.1 Å². The van der Waals surface area contributed by atoms with Crippen molar-refractivity contribution in [3.05, 3.63) is 35.6 Å². The van der Waals surface area contributed by atoms with Gasteiger partial charge in [-0.25, -0.2) is 4.39 Å². The molecule has 2 unspecified atom stereocenters. The van der Waals surface area contributed by atoms with Crippen LogP contribution in [0.3, 0.4) is 0 Å². The standard InChI is InChI=1S/C15H19FN2O/c1-9(2)13-15(19)18(12-7-8-12)14(17-13)10-3-5-11(16)6-4-10/h3-6,9,12-14,17H,7-8H2,1-2H3. The Labute approximate surface area is 112 Å². The molecule has 2 aliphatic rings. The number of hydrogen-bond donors (Lipinski definition) is 1. The molecule has 3 rings (SSSR count). The van der Waals surface area contributed by atoms with Crippen molar-refractivity contribution in [3.63, 3.8) is 0 Å². The maximum absolute atomic E-state index is 13.0. The van der Waals surface area contributed by atoms with E-state index in [2.05, 4.69) is 5.32 Å². The molecule has 0 radical (unpaired) electrons. The zero-order valence-corrected chi connectivity index (χ0v) is 11.3. The largest absolute Gasteiger partial charge is 0.319 e. The lowest BCUT2D eigenvalue weighted by Crippen LogP contribution is -2.35. The lowest BCUT2D eigenvalue weighted by molar-refractivity contribution is -0.131. The second kappa shape index (κ2) is 4.60. The van der Waals surface area contributed by atoms with Crippen molar-refractivity contribution in [3.8, 4) is 0 Å². The number of halogens is 1. The zero-order chi connectivity index (χ0) is 13.6. The van der Waals surface area contributed by atoms with Crippen molar-refractivity contribution in [2.75, 3.05) is 0 Å². The Morgan fingerprint density at radius 2 is 1.89 bits per heavy atom. The maximum atomic E-state index is 13.0. The van der Waals surface area contributed by atoms with Gasteiger partial charge in [0.1, 0.15) is 12.0 Å². The number of nitrogens with zero attached hydrogens (tertiary/aromatic N) is 1. The fraction of sp³-hybridized carbons (Fsp3) is 0.533. The van der Waals surface area contributed by atoms with Crippen LogP contribution in [-0.4, -0.2) is 22.9 Å². The van der Waals surface area contributed by atoms with Crippen LogP contribution in [0.4, 0.5) is 4.39 Å². The number of rotatable bonds is 3. The molecule has 102 valence electrons. The Hall–Kier alpha value is -1.42. The Bertz CT molecular complexity index is 481. The van der Waals surface area contributed by atoms with Gasteiger partial charge in [0.2, 0.25) is 5.91 Å². The Morgan fingerprint density at radius 3 is 2.42 bits per heavy atom. The molecule has 3 nitrogen and oxygen atoms in total. The second-order valence-electron chi connectivity index (χ2n) is 5.82. The van der Waals surface area contributed by atoms with E-state index in [4.69, 9.17) is 0 Å². The number of carbonyl (C=O) groups excluding carboxylic acids is 1. The highest BCUT2D eigenvalue weighted by Gasteiger charge is 2.47. The van der Waals surface area contributed by atoms with Crippen LogP contribution in [0.25, 0.3) is 0 Å². The molecule has 1 saturated carbocycles. The van der Waals surface area contributed by atoms with Crippen LogP contribution in [0.5, 0.6) is 0 Å². The number of amides is 1. The van der Waals surface area contributed by atoms with Crippen LogP contribution in [0.2, 0.25) is 0 Å². The summed E-state index contributed by atoms with van der Waals surface area (Å²) in [5, 5.41) is 3.40. The minimum absolute atomic E-state index is 0.104. The van der Waals surface area contributed by atoms with Crippen LogP contribution in [0, 0.1) is 11.7 Å². The van der Waals surface area contributed by atoms with Gasteiger partial charge < -0.3 is 4.90 Å². The van der Waals surface area contributed by atoms with Gasteiger partial charge in [-0.2, -0.15) is 0 Å². The molecule has 1 aromatic rings. The molecule has 0 spiro atoms. The average molecular weight is 262 g/mol. The van der Waals surface area contributed by atoms with E-state index in [-0.39, 0.29) is 29.8 Å². The third kappa shape index (κ3) is 2.25. The molecule has 1 heterocycles. The van der Waals surface area contributed by atoms with E-state index in [0.717, 1.165) is 18.4 Å². The molecule has 1 amide bonds. The molecule has 1 aromatic carbocycles. The van der Waals surface area contributed by atoms with Crippen molar-refractivity contribution in [1.29, 1.82) is 0 Å². The number of carbonyl (C=O) groups is 1. The molecular weight excluding hydrogens is 243 g/mol. The number of nitrogens with one attached hydrogen (secondary N) is 1. The Morgan fingerprint density at radius 1 is 1.26 bits per heavy atom. The Kier molecular flexibility index (Phi) is 3.05. The number of benzene rings is 1. The van der Waals surface area contributed by atoms with Crippen molar-refractivity contribution in [2.24, 2.45) is 5.92 Å². The van der Waals surface area contributed by atoms with Gasteiger partial charge in [-0.15, -0.1) is 0 Å². The van der Waals surface area contributed by atoms with Crippen molar-refractivity contribution >= 4 is 5.91 Å². The summed E-state index contributed by atoms with van der Waals surface area (Å²) in [6, 6.07) is 6.66. The van der Waals surface area contributed by atoms with Gasteiger partial charge in [0, 0.05) is 6.04 Å². The quantitative estimate of drug-likeness (QED) is 0.907. The normalized spacial score (nSPS) is 27.4. The van der Waals surface area contributed by atoms with E-state index in [9.17, 15) is 9.18 Å². The van der Waals surface area contributed by atoms with E-state index in [0.29, 0.717) is 6.04 Å². The molecule has 4 heteroatoms. The molecule has 1 saturated heterocycles. The van der Waals surface area contributed by atoms with E-state index in [1.807, 2.05) is 18.7 Å². The number of hydrogen-bond acceptors (Lipinski definition) is 2. The van der Waals surface area contributed by atoms with Crippen molar-refractivity contribution in [1.82, 2.24) is 10.2 Å². The minimum atomic E-state index is -0.244. The van der Waals surface area contributed by atoms with Crippen LogP contribution in [0.15, 0.2) is 24.3 Å². The van der Waals surface area contributed by atoms with E-state index < -0.39 is 0 Å². The Balaban J connectivity index is 1.90. The fourth-order valence-corrected chi connectivity index (χ4v) is 2.73. The third-order valence-corrected chi connectivity index (χ3v) is 3.93. The molecule has 0 bridgehead atoms. The summed E-state index contributed by atoms with van der Waals surface area (Å²) in [7, 11) is 0. The summed E-state index contributed by atoms with van der Waals surface area (Å²) in [5.41, 5.74) is 0.963. The topological polar surface area (TPSA) is 32.3 Å². The van der Waals surface area contributed by atoms with Crippen LogP contribution < -0.4 is 5.32 Å². The smallest absolute Gasteiger partial charge is 0.241 e. The first-order valence-corrected chi connectivity index (χ1v) is 6.91. The first-order valence-electron chi connectivity index (χ1n) is 6.91. The molecule has 1 N–H and O–H groups in total. The van der Waals surface area contributed by atoms with Gasteiger partial charge in [0.15, 0.2) is 0 Å². The van der Waals surface area contributed by atoms with Gasteiger partial charge >= 0.3 is 0 Å². The van der Waals surface area contributed by atoms with Crippen LogP contribution in [0.1, 0.15) is 38.4 Å². The van der Waals surface area contributed by atoms with Gasteiger partial charge in [0.25, 0.3) is 0 Å². The van der Waals surface area contributed by atoms with Gasteiger partial charge in [-0.1, -0.05) is 26.0 Å². The highest BCUT2D eigenvalue weighted by Crippen LogP contribution is 2.38. The van der Waals surface area contributed by atoms with Crippen molar-refractivity contribution in [2.45, 2.75) is 44.9 Å². The third-order valence-electron chi connectivity index (χ3n) is 3.93. The summed E-state index contributed by atoms with van der Waals surface area (Å²) in [6.45, 7) is 4.10. The monoisotopic (exact) mass is 262 g/mol. The lowest BCUT2D eigenvalue weighted by atomic mass is 10.1. The maximum Gasteiger partial charge on any atom is 0.241 e. The molecule has 1 aliphatic heterocycles. The highest BCUT2D eigenvalue weighted by molar-refractivity contribution is 5.85. The predicted molar refractivity (Wildman–Crippen MR) is 70.8 cm³/mol. The minimum Gasteiger partial charge on any atom is -0.319 e. The zero-order valence-electron chi connectivity index (χ0n) is 11.3. The fourth-order valence-electron chi connectivity index (χ4n) is 2.73. The molecule has 2 atom stereocenters. The van der Waals surface area contributed by atoms with Crippen LogP contribution >= 0.6 is 0 Å². The first-order chi connectivity index (χ1) is 9.08. The van der Waals surface area contributed by atoms with Gasteiger partial charge in [0.05, 0.1) is 6.04 Å². The molecule has 2 fully saturated rings. The summed E-state index contributed by atoms with van der Waals surface area (Å²) in [6.07, 6.45) is 2.05. The summed E-state index contributed by atoms with van der Waals surface area (Å²) >= 11 is 0. The van der Waals surface area contributed by atoms with Gasteiger partial charge in [-0.05, 0) is 36.5 Å². The van der Waals surface area contributed by atoms with Crippen molar-refractivity contribution < 1.29 is 9.18 Å². The summed E-state index contributed by atoms with van der Waals surface area (Å²) in [4.78, 5) is 14.4. The lowest BCUT2D eigenvalue weighted by Gasteiger charge is -2.24. The van der Waals surface area contributed by atoms with E-state index >= 15 is 0 Å². The summed E-state index contributed by atoms with van der Waals surface area (Å²) < 4.78 is 13.0. The average Bonchev–Trinajstić information content (AvgIpc) is 3.14. The summed E-state index contributed by atoms with van der Waals surface area (Å²) in [5.74, 6) is 0.206. The second-order valence-corrected chi connectivity index (χ2v) is 5.82.